The number of nitrogens with zero attached hydrogens (tertiary/aromatic N) is 2. The third kappa shape index (κ3) is 2.37. The second kappa shape index (κ2) is 4.17. The highest BCUT2D eigenvalue weighted by Crippen LogP contribution is 2.13. The fourth-order valence-corrected chi connectivity index (χ4v) is 1.51. The van der Waals surface area contributed by atoms with Crippen LogP contribution in [0, 0.1) is 6.92 Å². The van der Waals surface area contributed by atoms with Crippen molar-refractivity contribution in [2.45, 2.75) is 13.5 Å². The Balaban J connectivity index is 2.16. The smallest absolute Gasteiger partial charge is 0.119 e. The molecule has 0 spiro atoms. The van der Waals surface area contributed by atoms with Crippen LogP contribution >= 0.6 is 0 Å². The summed E-state index contributed by atoms with van der Waals surface area (Å²) in [5.74, 6) is 0.886. The third-order valence-electron chi connectivity index (χ3n) is 2.25. The lowest BCUT2D eigenvalue weighted by Gasteiger charge is -2.04. The van der Waals surface area contributed by atoms with E-state index in [-0.39, 0.29) is 0 Å². The van der Waals surface area contributed by atoms with E-state index >= 15 is 0 Å². The Morgan fingerprint density at radius 3 is 2.87 bits per heavy atom. The first kappa shape index (κ1) is 9.77. The molecule has 0 N–H and O–H groups in total. The van der Waals surface area contributed by atoms with Gasteiger partial charge in [0.1, 0.15) is 5.75 Å². The molecule has 0 fully saturated rings. The van der Waals surface area contributed by atoms with Gasteiger partial charge >= 0.3 is 0 Å². The van der Waals surface area contributed by atoms with Gasteiger partial charge in [-0.25, -0.2) is 0 Å². The van der Waals surface area contributed by atoms with Crippen LogP contribution in [0.3, 0.4) is 0 Å². The van der Waals surface area contributed by atoms with Crippen molar-refractivity contribution in [1.29, 1.82) is 0 Å². The van der Waals surface area contributed by atoms with Gasteiger partial charge in [-0.2, -0.15) is 5.10 Å². The summed E-state index contributed by atoms with van der Waals surface area (Å²) in [5, 5.41) is 4.34. The molecule has 2 rings (SSSR count). The van der Waals surface area contributed by atoms with E-state index < -0.39 is 0 Å². The van der Waals surface area contributed by atoms with E-state index in [1.807, 2.05) is 42.1 Å². The van der Waals surface area contributed by atoms with Gasteiger partial charge in [0, 0.05) is 6.20 Å². The van der Waals surface area contributed by atoms with Crippen molar-refractivity contribution in [3.63, 3.8) is 0 Å². The van der Waals surface area contributed by atoms with Crippen LogP contribution in [0.1, 0.15) is 11.3 Å². The van der Waals surface area contributed by atoms with Crippen LogP contribution in [-0.2, 0) is 6.54 Å². The molecule has 15 heavy (non-hydrogen) atoms. The summed E-state index contributed by atoms with van der Waals surface area (Å²) in [7, 11) is 1.68. The van der Waals surface area contributed by atoms with Crippen LogP contribution in [0.25, 0.3) is 0 Å². The molecule has 0 unspecified atom stereocenters. The average molecular weight is 202 g/mol. The largest absolute Gasteiger partial charge is 0.497 e. The van der Waals surface area contributed by atoms with Gasteiger partial charge < -0.3 is 4.74 Å². The SMILES string of the molecule is COc1cccc(Cn2ccc(C)n2)c1. The highest BCUT2D eigenvalue weighted by Gasteiger charge is 1.98. The predicted molar refractivity (Wildman–Crippen MR) is 59.1 cm³/mol. The Morgan fingerprint density at radius 1 is 1.33 bits per heavy atom. The first-order chi connectivity index (χ1) is 7.28. The van der Waals surface area contributed by atoms with Gasteiger partial charge in [0.2, 0.25) is 0 Å². The number of ether oxygens (including phenoxy) is 1. The minimum atomic E-state index is 0.783. The molecule has 78 valence electrons. The molecule has 0 radical (unpaired) electrons. The van der Waals surface area contributed by atoms with Gasteiger partial charge in [0.05, 0.1) is 19.3 Å². The second-order valence-corrected chi connectivity index (χ2v) is 3.51. The van der Waals surface area contributed by atoms with Gasteiger partial charge in [-0.15, -0.1) is 0 Å². The second-order valence-electron chi connectivity index (χ2n) is 3.51. The van der Waals surface area contributed by atoms with E-state index in [2.05, 4.69) is 11.2 Å². The minimum absolute atomic E-state index is 0.783. The molecule has 0 bridgehead atoms. The Hall–Kier alpha value is -1.77. The van der Waals surface area contributed by atoms with Gasteiger partial charge in [-0.1, -0.05) is 12.1 Å². The van der Waals surface area contributed by atoms with Crippen LogP contribution in [0.4, 0.5) is 0 Å². The fourth-order valence-electron chi connectivity index (χ4n) is 1.51. The molecule has 0 aliphatic heterocycles. The molecule has 0 saturated carbocycles. The van der Waals surface area contributed by atoms with Gasteiger partial charge in [-0.3, -0.25) is 4.68 Å². The summed E-state index contributed by atoms with van der Waals surface area (Å²) in [4.78, 5) is 0. The normalized spacial score (nSPS) is 10.3. The Morgan fingerprint density at radius 2 is 2.20 bits per heavy atom. The molecule has 0 atom stereocenters. The fraction of sp³-hybridized carbons (Fsp3) is 0.250. The number of hydrogen-bond acceptors (Lipinski definition) is 2. The minimum Gasteiger partial charge on any atom is -0.497 e. The lowest BCUT2D eigenvalue weighted by Crippen LogP contribution is -2.00. The molecular weight excluding hydrogens is 188 g/mol. The number of benzene rings is 1. The molecule has 1 aromatic carbocycles. The molecule has 2 aromatic rings. The van der Waals surface area contributed by atoms with Gasteiger partial charge in [0.25, 0.3) is 0 Å². The quantitative estimate of drug-likeness (QED) is 0.763. The molecule has 0 saturated heterocycles. The lowest BCUT2D eigenvalue weighted by molar-refractivity contribution is 0.414. The molecule has 1 aromatic heterocycles. The van der Waals surface area contributed by atoms with Crippen molar-refractivity contribution in [3.8, 4) is 5.75 Å². The maximum Gasteiger partial charge on any atom is 0.119 e. The van der Waals surface area contributed by atoms with Gasteiger partial charge in [-0.05, 0) is 30.7 Å². The van der Waals surface area contributed by atoms with E-state index in [9.17, 15) is 0 Å². The summed E-state index contributed by atoms with van der Waals surface area (Å²) in [6, 6.07) is 10.0. The van der Waals surface area contributed by atoms with E-state index in [1.165, 1.54) is 5.56 Å². The number of methoxy groups -OCH3 is 1. The molecular formula is C12H14N2O. The highest BCUT2D eigenvalue weighted by molar-refractivity contribution is 5.28. The van der Waals surface area contributed by atoms with E-state index in [1.54, 1.807) is 7.11 Å². The first-order valence-electron chi connectivity index (χ1n) is 4.91. The average Bonchev–Trinajstić information content (AvgIpc) is 2.64. The van der Waals surface area contributed by atoms with E-state index in [4.69, 9.17) is 4.74 Å². The third-order valence-corrected chi connectivity index (χ3v) is 2.25. The van der Waals surface area contributed by atoms with Crippen molar-refractivity contribution in [2.24, 2.45) is 0 Å². The monoisotopic (exact) mass is 202 g/mol. The first-order valence-corrected chi connectivity index (χ1v) is 4.91. The molecule has 3 nitrogen and oxygen atoms in total. The lowest BCUT2D eigenvalue weighted by atomic mass is 10.2. The molecule has 0 aliphatic carbocycles. The Labute approximate surface area is 89.3 Å². The van der Waals surface area contributed by atoms with Crippen LogP contribution in [-0.4, -0.2) is 16.9 Å². The number of hydrogen-bond donors (Lipinski definition) is 0. The predicted octanol–water partition coefficient (Wildman–Crippen LogP) is 2.25. The zero-order chi connectivity index (χ0) is 10.7. The van der Waals surface area contributed by atoms with Crippen molar-refractivity contribution in [1.82, 2.24) is 9.78 Å². The molecule has 0 amide bonds. The van der Waals surface area contributed by atoms with Crippen molar-refractivity contribution >= 4 is 0 Å². The molecule has 1 heterocycles. The van der Waals surface area contributed by atoms with Crippen molar-refractivity contribution in [2.75, 3.05) is 7.11 Å². The van der Waals surface area contributed by atoms with Crippen molar-refractivity contribution in [3.05, 3.63) is 47.8 Å². The van der Waals surface area contributed by atoms with E-state index in [0.717, 1.165) is 18.0 Å². The zero-order valence-electron chi connectivity index (χ0n) is 8.97. The summed E-state index contributed by atoms with van der Waals surface area (Å²) in [5.41, 5.74) is 2.23. The maximum atomic E-state index is 5.17. The number of rotatable bonds is 3. The van der Waals surface area contributed by atoms with Crippen LogP contribution in [0.2, 0.25) is 0 Å². The number of aromatic nitrogens is 2. The maximum absolute atomic E-state index is 5.17. The highest BCUT2D eigenvalue weighted by atomic mass is 16.5. The van der Waals surface area contributed by atoms with Crippen LogP contribution in [0.5, 0.6) is 5.75 Å². The Kier molecular flexibility index (Phi) is 2.72. The molecule has 0 aliphatic rings. The van der Waals surface area contributed by atoms with Crippen molar-refractivity contribution < 1.29 is 4.74 Å². The molecule has 3 heteroatoms. The summed E-state index contributed by atoms with van der Waals surface area (Å²) in [6.45, 7) is 2.77. The summed E-state index contributed by atoms with van der Waals surface area (Å²) >= 11 is 0. The van der Waals surface area contributed by atoms with Crippen LogP contribution in [0.15, 0.2) is 36.5 Å². The van der Waals surface area contributed by atoms with Gasteiger partial charge in [0.15, 0.2) is 0 Å². The Bertz CT molecular complexity index is 448. The van der Waals surface area contributed by atoms with Crippen LogP contribution < -0.4 is 4.74 Å². The van der Waals surface area contributed by atoms with E-state index in [0.29, 0.717) is 0 Å². The topological polar surface area (TPSA) is 27.1 Å². The summed E-state index contributed by atoms with van der Waals surface area (Å²) in [6.07, 6.45) is 1.98. The number of aryl methyl sites for hydroxylation is 1. The summed E-state index contributed by atoms with van der Waals surface area (Å²) < 4.78 is 7.09. The zero-order valence-corrected chi connectivity index (χ0v) is 8.97. The standard InChI is InChI=1S/C12H14N2O/c1-10-6-7-14(13-10)9-11-4-3-5-12(8-11)15-2/h3-8H,9H2,1-2H3.